The van der Waals surface area contributed by atoms with Gasteiger partial charge in [0.15, 0.2) is 0 Å². The van der Waals surface area contributed by atoms with Crippen LogP contribution >= 0.6 is 46.4 Å². The molecular formula is C21H22Cl4N2O2. The molecule has 2 amide bonds. The first-order chi connectivity index (χ1) is 13.9. The molecule has 0 saturated carbocycles. The van der Waals surface area contributed by atoms with Gasteiger partial charge in [0, 0.05) is 12.8 Å². The van der Waals surface area contributed by atoms with Crippen LogP contribution in [0.15, 0.2) is 36.4 Å². The van der Waals surface area contributed by atoms with Gasteiger partial charge in [0.2, 0.25) is 11.8 Å². The minimum atomic E-state index is -0.115. The number of hydrogen-bond donors (Lipinski definition) is 2. The molecule has 0 radical (unpaired) electrons. The standard InChI is InChI=1S/C21H22Cl4N2O2/c22-14-8-6-9-15(23)20(14)26-18(28)12-4-2-1-3-5-13-19(29)27-21-16(24)10-7-11-17(21)25/h6-11H,1-5,12-13H2,(H,26,28)(H,27,29). The van der Waals surface area contributed by atoms with Crippen LogP contribution in [-0.4, -0.2) is 11.8 Å². The second kappa shape index (κ2) is 12.3. The minimum absolute atomic E-state index is 0.115. The van der Waals surface area contributed by atoms with Gasteiger partial charge in [-0.25, -0.2) is 0 Å². The van der Waals surface area contributed by atoms with Gasteiger partial charge >= 0.3 is 0 Å². The quantitative estimate of drug-likeness (QED) is 0.347. The van der Waals surface area contributed by atoms with Crippen molar-refractivity contribution in [2.24, 2.45) is 0 Å². The Kier molecular flexibility index (Phi) is 10.1. The van der Waals surface area contributed by atoms with Crippen molar-refractivity contribution in [3.8, 4) is 0 Å². The number of para-hydroxylation sites is 2. The van der Waals surface area contributed by atoms with Crippen molar-refractivity contribution >= 4 is 69.6 Å². The maximum atomic E-state index is 12.0. The van der Waals surface area contributed by atoms with Crippen LogP contribution in [0.4, 0.5) is 11.4 Å². The zero-order chi connectivity index (χ0) is 21.2. The second-order valence-corrected chi connectivity index (χ2v) is 8.19. The molecular weight excluding hydrogens is 454 g/mol. The molecule has 4 nitrogen and oxygen atoms in total. The molecule has 29 heavy (non-hydrogen) atoms. The lowest BCUT2D eigenvalue weighted by molar-refractivity contribution is -0.117. The Hall–Kier alpha value is -1.46. The van der Waals surface area contributed by atoms with Crippen LogP contribution in [-0.2, 0) is 9.59 Å². The van der Waals surface area contributed by atoms with Crippen molar-refractivity contribution in [2.75, 3.05) is 10.6 Å². The fourth-order valence-corrected chi connectivity index (χ4v) is 3.72. The molecule has 156 valence electrons. The molecule has 0 aliphatic carbocycles. The van der Waals surface area contributed by atoms with Gasteiger partial charge in [0.25, 0.3) is 0 Å². The molecule has 0 unspecified atom stereocenters. The smallest absolute Gasteiger partial charge is 0.224 e. The summed E-state index contributed by atoms with van der Waals surface area (Å²) in [5.41, 5.74) is 0.899. The van der Waals surface area contributed by atoms with E-state index in [1.807, 2.05) is 0 Å². The Bertz CT molecular complexity index is 749. The summed E-state index contributed by atoms with van der Waals surface area (Å²) in [6.07, 6.45) is 5.06. The lowest BCUT2D eigenvalue weighted by atomic mass is 10.1. The molecule has 0 aliphatic heterocycles. The molecule has 0 spiro atoms. The van der Waals surface area contributed by atoms with E-state index in [1.165, 1.54) is 0 Å². The average molecular weight is 476 g/mol. The monoisotopic (exact) mass is 474 g/mol. The third-order valence-electron chi connectivity index (χ3n) is 4.26. The first-order valence-electron chi connectivity index (χ1n) is 9.36. The zero-order valence-electron chi connectivity index (χ0n) is 15.7. The van der Waals surface area contributed by atoms with Crippen LogP contribution in [0.5, 0.6) is 0 Å². The summed E-state index contributed by atoms with van der Waals surface area (Å²) in [4.78, 5) is 24.0. The van der Waals surface area contributed by atoms with E-state index in [2.05, 4.69) is 10.6 Å². The van der Waals surface area contributed by atoms with Crippen molar-refractivity contribution < 1.29 is 9.59 Å². The SMILES string of the molecule is O=C(CCCCCCCC(=O)Nc1c(Cl)cccc1Cl)Nc1c(Cl)cccc1Cl. The molecule has 0 aromatic heterocycles. The first-order valence-corrected chi connectivity index (χ1v) is 10.9. The predicted molar refractivity (Wildman–Crippen MR) is 123 cm³/mol. The summed E-state index contributed by atoms with van der Waals surface area (Å²) in [6, 6.07) is 10.2. The van der Waals surface area contributed by atoms with Crippen LogP contribution in [0.25, 0.3) is 0 Å². The maximum absolute atomic E-state index is 12.0. The Morgan fingerprint density at radius 3 is 1.24 bits per heavy atom. The summed E-state index contributed by atoms with van der Waals surface area (Å²) >= 11 is 24.2. The number of carbonyl (C=O) groups is 2. The van der Waals surface area contributed by atoms with E-state index >= 15 is 0 Å². The van der Waals surface area contributed by atoms with Gasteiger partial charge in [-0.2, -0.15) is 0 Å². The zero-order valence-corrected chi connectivity index (χ0v) is 18.8. The van der Waals surface area contributed by atoms with Crippen LogP contribution in [0.2, 0.25) is 20.1 Å². The van der Waals surface area contributed by atoms with E-state index in [4.69, 9.17) is 46.4 Å². The minimum Gasteiger partial charge on any atom is -0.324 e. The number of anilines is 2. The second-order valence-electron chi connectivity index (χ2n) is 6.56. The van der Waals surface area contributed by atoms with Gasteiger partial charge < -0.3 is 10.6 Å². The fraction of sp³-hybridized carbons (Fsp3) is 0.333. The van der Waals surface area contributed by atoms with E-state index in [-0.39, 0.29) is 11.8 Å². The van der Waals surface area contributed by atoms with E-state index in [1.54, 1.807) is 36.4 Å². The van der Waals surface area contributed by atoms with Crippen molar-refractivity contribution in [2.45, 2.75) is 44.9 Å². The molecule has 0 heterocycles. The molecule has 0 fully saturated rings. The lowest BCUT2D eigenvalue weighted by Gasteiger charge is -2.09. The average Bonchev–Trinajstić information content (AvgIpc) is 2.67. The van der Waals surface area contributed by atoms with E-state index in [0.717, 1.165) is 32.1 Å². The van der Waals surface area contributed by atoms with Gasteiger partial charge in [-0.3, -0.25) is 9.59 Å². The van der Waals surface area contributed by atoms with Crippen molar-refractivity contribution in [1.29, 1.82) is 0 Å². The van der Waals surface area contributed by atoms with Crippen LogP contribution in [0.1, 0.15) is 44.9 Å². The number of rotatable bonds is 10. The molecule has 2 aromatic carbocycles. The highest BCUT2D eigenvalue weighted by atomic mass is 35.5. The molecule has 0 atom stereocenters. The van der Waals surface area contributed by atoms with Gasteiger partial charge in [0.1, 0.15) is 0 Å². The largest absolute Gasteiger partial charge is 0.324 e. The summed E-state index contributed by atoms with van der Waals surface area (Å²) in [5, 5.41) is 7.18. The van der Waals surface area contributed by atoms with Gasteiger partial charge in [-0.15, -0.1) is 0 Å². The lowest BCUT2D eigenvalue weighted by Crippen LogP contribution is -2.12. The van der Waals surface area contributed by atoms with E-state index < -0.39 is 0 Å². The third-order valence-corrected chi connectivity index (χ3v) is 5.52. The Morgan fingerprint density at radius 1 is 0.586 bits per heavy atom. The number of nitrogens with one attached hydrogen (secondary N) is 2. The maximum Gasteiger partial charge on any atom is 0.224 e. The first kappa shape index (κ1) is 23.8. The van der Waals surface area contributed by atoms with Gasteiger partial charge in [0.05, 0.1) is 31.5 Å². The summed E-state index contributed by atoms with van der Waals surface area (Å²) < 4.78 is 0. The highest BCUT2D eigenvalue weighted by molar-refractivity contribution is 6.40. The van der Waals surface area contributed by atoms with E-state index in [9.17, 15) is 9.59 Å². The van der Waals surface area contributed by atoms with Crippen molar-refractivity contribution in [1.82, 2.24) is 0 Å². The van der Waals surface area contributed by atoms with Gasteiger partial charge in [-0.05, 0) is 37.1 Å². The molecule has 0 bridgehead atoms. The number of unbranched alkanes of at least 4 members (excludes halogenated alkanes) is 4. The highest BCUT2D eigenvalue weighted by Crippen LogP contribution is 2.31. The van der Waals surface area contributed by atoms with Crippen LogP contribution < -0.4 is 10.6 Å². The Labute approximate surface area is 190 Å². The summed E-state index contributed by atoms with van der Waals surface area (Å²) in [6.45, 7) is 0. The molecule has 2 N–H and O–H groups in total. The topological polar surface area (TPSA) is 58.2 Å². The van der Waals surface area contributed by atoms with Crippen LogP contribution in [0, 0.1) is 0 Å². The predicted octanol–water partition coefficient (Wildman–Crippen LogP) is 7.61. The number of amides is 2. The summed E-state index contributed by atoms with van der Waals surface area (Å²) in [7, 11) is 0. The normalized spacial score (nSPS) is 10.6. The van der Waals surface area contributed by atoms with Gasteiger partial charge in [-0.1, -0.05) is 77.8 Å². The number of hydrogen-bond acceptors (Lipinski definition) is 2. The molecule has 2 rings (SSSR count). The Morgan fingerprint density at radius 2 is 0.897 bits per heavy atom. The fourth-order valence-electron chi connectivity index (χ4n) is 2.74. The third kappa shape index (κ3) is 8.06. The number of halogens is 4. The van der Waals surface area contributed by atoms with Crippen molar-refractivity contribution in [3.63, 3.8) is 0 Å². The molecule has 2 aromatic rings. The van der Waals surface area contributed by atoms with Crippen LogP contribution in [0.3, 0.4) is 0 Å². The van der Waals surface area contributed by atoms with Crippen molar-refractivity contribution in [3.05, 3.63) is 56.5 Å². The Balaban J connectivity index is 1.58. The molecule has 0 saturated heterocycles. The number of benzene rings is 2. The van der Waals surface area contributed by atoms with E-state index in [0.29, 0.717) is 44.3 Å². The highest BCUT2D eigenvalue weighted by Gasteiger charge is 2.10. The summed E-state index contributed by atoms with van der Waals surface area (Å²) in [5.74, 6) is -0.230. The molecule has 8 heteroatoms. The molecule has 0 aliphatic rings. The number of carbonyl (C=O) groups excluding carboxylic acids is 2.